The van der Waals surface area contributed by atoms with Crippen molar-refractivity contribution in [2.45, 2.75) is 18.7 Å². The molecule has 1 aromatic heterocycles. The molecule has 2 heterocycles. The predicted molar refractivity (Wildman–Crippen MR) is 132 cm³/mol. The summed E-state index contributed by atoms with van der Waals surface area (Å²) >= 11 is 0. The first-order valence-corrected chi connectivity index (χ1v) is 12.5. The molecule has 4 aromatic rings. The largest absolute Gasteiger partial charge is 0.352 e. The highest BCUT2D eigenvalue weighted by Crippen LogP contribution is 2.28. The molecule has 0 saturated carbocycles. The second-order valence-corrected chi connectivity index (χ2v) is 10.5. The van der Waals surface area contributed by atoms with Gasteiger partial charge in [-0.3, -0.25) is 0 Å². The molecule has 0 aliphatic carbocycles. The standard InChI is InChI=1S/C26H26N4O2S/c1-19-16-20(2)18-22(17-19)33(31,32)30-14-12-29(13-15-30)26-11-10-25(27-28-26)24-9-5-7-21-6-3-4-8-23(21)24/h3-11,16-18H,12-15H2,1-2H3. The maximum absolute atomic E-state index is 13.1. The van der Waals surface area contributed by atoms with Gasteiger partial charge in [0.1, 0.15) is 0 Å². The van der Waals surface area contributed by atoms with Crippen LogP contribution < -0.4 is 4.90 Å². The fourth-order valence-electron chi connectivity index (χ4n) is 4.47. The van der Waals surface area contributed by atoms with Crippen LogP contribution in [0, 0.1) is 13.8 Å². The Hall–Kier alpha value is -3.29. The van der Waals surface area contributed by atoms with Crippen LogP contribution in [0.1, 0.15) is 11.1 Å². The number of rotatable bonds is 4. The van der Waals surface area contributed by atoms with Gasteiger partial charge in [-0.2, -0.15) is 4.31 Å². The molecule has 33 heavy (non-hydrogen) atoms. The van der Waals surface area contributed by atoms with Crippen LogP contribution in [-0.2, 0) is 10.0 Å². The Labute approximate surface area is 194 Å². The van der Waals surface area contributed by atoms with E-state index in [9.17, 15) is 8.42 Å². The zero-order valence-corrected chi connectivity index (χ0v) is 19.6. The quantitative estimate of drug-likeness (QED) is 0.453. The summed E-state index contributed by atoms with van der Waals surface area (Å²) in [4.78, 5) is 2.46. The van der Waals surface area contributed by atoms with E-state index in [4.69, 9.17) is 0 Å². The predicted octanol–water partition coefficient (Wildman–Crippen LogP) is 4.42. The molecule has 0 radical (unpaired) electrons. The number of hydrogen-bond donors (Lipinski definition) is 0. The fraction of sp³-hybridized carbons (Fsp3) is 0.231. The molecule has 5 rings (SSSR count). The Morgan fingerprint density at radius 2 is 1.45 bits per heavy atom. The minimum atomic E-state index is -3.51. The highest BCUT2D eigenvalue weighted by molar-refractivity contribution is 7.89. The van der Waals surface area contributed by atoms with Gasteiger partial charge in [-0.15, -0.1) is 10.2 Å². The summed E-state index contributed by atoms with van der Waals surface area (Å²) in [5.41, 5.74) is 3.78. The first-order valence-electron chi connectivity index (χ1n) is 11.1. The van der Waals surface area contributed by atoms with Gasteiger partial charge < -0.3 is 4.90 Å². The SMILES string of the molecule is Cc1cc(C)cc(S(=O)(=O)N2CCN(c3ccc(-c4cccc5ccccc45)nn3)CC2)c1. The summed E-state index contributed by atoms with van der Waals surface area (Å²) in [5, 5.41) is 11.3. The molecule has 0 spiro atoms. The van der Waals surface area contributed by atoms with Gasteiger partial charge in [-0.05, 0) is 60.0 Å². The zero-order valence-electron chi connectivity index (χ0n) is 18.8. The van der Waals surface area contributed by atoms with Gasteiger partial charge in [0.05, 0.1) is 10.6 Å². The minimum absolute atomic E-state index is 0.368. The first kappa shape index (κ1) is 21.6. The van der Waals surface area contributed by atoms with Crippen molar-refractivity contribution in [3.8, 4) is 11.3 Å². The second-order valence-electron chi connectivity index (χ2n) is 8.52. The molecular weight excluding hydrogens is 432 g/mol. The number of fused-ring (bicyclic) bond motifs is 1. The molecule has 0 unspecified atom stereocenters. The molecule has 1 fully saturated rings. The topological polar surface area (TPSA) is 66.4 Å². The van der Waals surface area contributed by atoms with Crippen LogP contribution in [0.5, 0.6) is 0 Å². The number of piperazine rings is 1. The van der Waals surface area contributed by atoms with Crippen molar-refractivity contribution in [1.29, 1.82) is 0 Å². The Kier molecular flexibility index (Phi) is 5.60. The van der Waals surface area contributed by atoms with Crippen molar-refractivity contribution < 1.29 is 8.42 Å². The van der Waals surface area contributed by atoms with E-state index in [0.29, 0.717) is 31.1 Å². The molecule has 3 aromatic carbocycles. The van der Waals surface area contributed by atoms with Gasteiger partial charge in [0.25, 0.3) is 0 Å². The van der Waals surface area contributed by atoms with E-state index in [0.717, 1.165) is 33.6 Å². The fourth-order valence-corrected chi connectivity index (χ4v) is 6.09. The smallest absolute Gasteiger partial charge is 0.243 e. The normalized spacial score (nSPS) is 15.2. The summed E-state index contributed by atoms with van der Waals surface area (Å²) in [6.45, 7) is 5.83. The maximum Gasteiger partial charge on any atom is 0.243 e. The Morgan fingerprint density at radius 3 is 2.15 bits per heavy atom. The lowest BCUT2D eigenvalue weighted by Crippen LogP contribution is -2.49. The molecule has 1 saturated heterocycles. The molecule has 0 bridgehead atoms. The van der Waals surface area contributed by atoms with Crippen LogP contribution in [0.2, 0.25) is 0 Å². The van der Waals surface area contributed by atoms with Crippen LogP contribution in [0.15, 0.2) is 77.7 Å². The second kappa shape index (κ2) is 8.57. The molecule has 6 nitrogen and oxygen atoms in total. The highest BCUT2D eigenvalue weighted by Gasteiger charge is 2.29. The highest BCUT2D eigenvalue weighted by atomic mass is 32.2. The van der Waals surface area contributed by atoms with E-state index in [2.05, 4.69) is 39.4 Å². The number of nitrogens with zero attached hydrogens (tertiary/aromatic N) is 4. The zero-order chi connectivity index (χ0) is 23.0. The van der Waals surface area contributed by atoms with E-state index in [1.165, 1.54) is 5.39 Å². The van der Waals surface area contributed by atoms with Crippen LogP contribution in [0.3, 0.4) is 0 Å². The summed E-state index contributed by atoms with van der Waals surface area (Å²) < 4.78 is 27.8. The molecule has 0 amide bonds. The molecule has 0 atom stereocenters. The van der Waals surface area contributed by atoms with Crippen molar-refractivity contribution >= 4 is 26.6 Å². The van der Waals surface area contributed by atoms with Gasteiger partial charge in [0, 0.05) is 31.7 Å². The molecule has 1 aliphatic heterocycles. The number of hydrogen-bond acceptors (Lipinski definition) is 5. The monoisotopic (exact) mass is 458 g/mol. The van der Waals surface area contributed by atoms with Crippen LogP contribution >= 0.6 is 0 Å². The number of aryl methyl sites for hydroxylation is 2. The summed E-state index contributed by atoms with van der Waals surface area (Å²) in [6, 6.07) is 23.8. The molecule has 7 heteroatoms. The van der Waals surface area contributed by atoms with Crippen molar-refractivity contribution in [1.82, 2.24) is 14.5 Å². The van der Waals surface area contributed by atoms with Gasteiger partial charge in [-0.25, -0.2) is 8.42 Å². The summed E-state index contributed by atoms with van der Waals surface area (Å²) in [7, 11) is -3.51. The van der Waals surface area contributed by atoms with Gasteiger partial charge in [0.15, 0.2) is 5.82 Å². The minimum Gasteiger partial charge on any atom is -0.352 e. The lowest BCUT2D eigenvalue weighted by atomic mass is 10.0. The average molecular weight is 459 g/mol. The van der Waals surface area contributed by atoms with Crippen molar-refractivity contribution in [2.24, 2.45) is 0 Å². The molecule has 0 N–H and O–H groups in total. The Morgan fingerprint density at radius 1 is 0.758 bits per heavy atom. The van der Waals surface area contributed by atoms with Crippen LogP contribution in [0.4, 0.5) is 5.82 Å². The van der Waals surface area contributed by atoms with Crippen molar-refractivity contribution in [2.75, 3.05) is 31.1 Å². The number of anilines is 1. The van der Waals surface area contributed by atoms with E-state index in [1.54, 1.807) is 16.4 Å². The third-order valence-corrected chi connectivity index (χ3v) is 7.99. The van der Waals surface area contributed by atoms with E-state index >= 15 is 0 Å². The molecule has 168 valence electrons. The lowest BCUT2D eigenvalue weighted by Gasteiger charge is -2.34. The number of benzene rings is 3. The van der Waals surface area contributed by atoms with Gasteiger partial charge in [-0.1, -0.05) is 48.5 Å². The van der Waals surface area contributed by atoms with E-state index in [-0.39, 0.29) is 0 Å². The lowest BCUT2D eigenvalue weighted by molar-refractivity contribution is 0.383. The first-order chi connectivity index (χ1) is 15.9. The molecular formula is C26H26N4O2S. The van der Waals surface area contributed by atoms with Crippen molar-refractivity contribution in [3.05, 3.63) is 83.9 Å². The number of sulfonamides is 1. The maximum atomic E-state index is 13.1. The van der Waals surface area contributed by atoms with E-state index in [1.807, 2.05) is 50.2 Å². The van der Waals surface area contributed by atoms with Crippen LogP contribution in [-0.4, -0.2) is 49.1 Å². The van der Waals surface area contributed by atoms with E-state index < -0.39 is 10.0 Å². The van der Waals surface area contributed by atoms with Gasteiger partial charge >= 0.3 is 0 Å². The summed E-state index contributed by atoms with van der Waals surface area (Å²) in [6.07, 6.45) is 0. The van der Waals surface area contributed by atoms with Crippen molar-refractivity contribution in [3.63, 3.8) is 0 Å². The third kappa shape index (κ3) is 4.21. The number of aromatic nitrogens is 2. The Bertz CT molecular complexity index is 1380. The van der Waals surface area contributed by atoms with Crippen LogP contribution in [0.25, 0.3) is 22.0 Å². The third-order valence-electron chi connectivity index (χ3n) is 6.11. The Balaban J connectivity index is 1.31. The van der Waals surface area contributed by atoms with Gasteiger partial charge in [0.2, 0.25) is 10.0 Å². The molecule has 1 aliphatic rings. The summed E-state index contributed by atoms with van der Waals surface area (Å²) in [5.74, 6) is 0.766. The average Bonchev–Trinajstić information content (AvgIpc) is 2.83.